The molecule has 15 unspecified atom stereocenters. The van der Waals surface area contributed by atoms with E-state index in [1.807, 2.05) is 0 Å². The van der Waals surface area contributed by atoms with Crippen LogP contribution in [0.5, 0.6) is 0 Å². The molecule has 8 heteroatoms. The summed E-state index contributed by atoms with van der Waals surface area (Å²) in [6.45, 7) is 18.7. The number of esters is 1. The number of carbonyl (C=O) groups excluding carboxylic acids is 1. The molecule has 0 aromatic carbocycles. The Balaban J connectivity index is 1.28. The predicted molar refractivity (Wildman–Crippen MR) is 167 cm³/mol. The van der Waals surface area contributed by atoms with Crippen LogP contribution in [0.15, 0.2) is 23.8 Å². The fourth-order valence-corrected chi connectivity index (χ4v) is 10.4. The third-order valence-electron chi connectivity index (χ3n) is 12.9. The lowest BCUT2D eigenvalue weighted by molar-refractivity contribution is -0.307. The van der Waals surface area contributed by atoms with Crippen molar-refractivity contribution in [1.82, 2.24) is 0 Å². The molecule has 8 nitrogen and oxygen atoms in total. The number of hydrogen-bond acceptors (Lipinski definition) is 8. The monoisotopic (exact) mass is 618 g/mol. The third-order valence-corrected chi connectivity index (χ3v) is 12.9. The van der Waals surface area contributed by atoms with E-state index in [0.717, 1.165) is 44.9 Å². The molecular formula is C36H58O8. The quantitative estimate of drug-likeness (QED) is 0.223. The molecule has 4 fully saturated rings. The van der Waals surface area contributed by atoms with Crippen LogP contribution in [-0.4, -0.2) is 75.4 Å². The Hall–Kier alpha value is -1.29. The first-order valence-corrected chi connectivity index (χ1v) is 17.2. The summed E-state index contributed by atoms with van der Waals surface area (Å²) >= 11 is 0. The molecule has 0 aromatic rings. The number of rotatable bonds is 8. The smallest absolute Gasteiger partial charge is 0.303 e. The van der Waals surface area contributed by atoms with Gasteiger partial charge in [-0.1, -0.05) is 58.4 Å². The standard InChI is InChI=1S/C36H58O8/c1-18(2)19(3)9-10-20(4)30-28(39)17-26-29-25(12-14-36(26,30)8)35(7)13-11-24(15-23(35)16-27(29)38)44-34-32(41)31(40)33(21(5)42-34)43-22(6)37/h16,18,20-21,24-34,38-41H,3,9-15,17H2,1-2,4-8H3. The number of hydrogen-bond donors (Lipinski definition) is 4. The maximum absolute atomic E-state index is 11.7. The normalized spacial score (nSPS) is 47.7. The lowest BCUT2D eigenvalue weighted by atomic mass is 9.46. The molecule has 0 aromatic heterocycles. The van der Waals surface area contributed by atoms with E-state index in [-0.39, 0.29) is 40.8 Å². The van der Waals surface area contributed by atoms with Crippen LogP contribution in [0.3, 0.4) is 0 Å². The van der Waals surface area contributed by atoms with Gasteiger partial charge in [-0.2, -0.15) is 0 Å². The average Bonchev–Trinajstić information content (AvgIpc) is 3.22. The predicted octanol–water partition coefficient (Wildman–Crippen LogP) is 4.92. The fraction of sp³-hybridized carbons (Fsp3) is 0.861. The zero-order chi connectivity index (χ0) is 32.3. The fourth-order valence-electron chi connectivity index (χ4n) is 10.4. The van der Waals surface area contributed by atoms with E-state index in [9.17, 15) is 25.2 Å². The molecule has 4 N–H and O–H groups in total. The Kier molecular flexibility index (Phi) is 9.85. The first-order valence-electron chi connectivity index (χ1n) is 17.2. The van der Waals surface area contributed by atoms with Crippen molar-refractivity contribution in [2.75, 3.05) is 0 Å². The first-order chi connectivity index (χ1) is 20.6. The molecule has 5 aliphatic rings. The minimum absolute atomic E-state index is 0.00187. The van der Waals surface area contributed by atoms with Crippen molar-refractivity contribution in [2.45, 2.75) is 149 Å². The van der Waals surface area contributed by atoms with Gasteiger partial charge in [0.05, 0.1) is 24.4 Å². The Morgan fingerprint density at radius 1 is 1.09 bits per heavy atom. The Morgan fingerprint density at radius 2 is 1.80 bits per heavy atom. The van der Waals surface area contributed by atoms with E-state index in [4.69, 9.17) is 14.2 Å². The van der Waals surface area contributed by atoms with Gasteiger partial charge in [-0.25, -0.2) is 0 Å². The summed E-state index contributed by atoms with van der Waals surface area (Å²) in [5.74, 6) is 1.28. The number of ether oxygens (including phenoxy) is 3. The molecule has 44 heavy (non-hydrogen) atoms. The van der Waals surface area contributed by atoms with Crippen LogP contribution < -0.4 is 0 Å². The number of aliphatic hydroxyl groups excluding tert-OH is 4. The van der Waals surface area contributed by atoms with E-state index in [0.29, 0.717) is 24.2 Å². The summed E-state index contributed by atoms with van der Waals surface area (Å²) in [7, 11) is 0. The van der Waals surface area contributed by atoms with E-state index < -0.39 is 42.8 Å². The minimum atomic E-state index is -1.34. The molecule has 1 saturated heterocycles. The lowest BCUT2D eigenvalue weighted by Gasteiger charge is -2.59. The van der Waals surface area contributed by atoms with E-state index in [1.165, 1.54) is 18.1 Å². The van der Waals surface area contributed by atoms with Gasteiger partial charge in [0.25, 0.3) is 0 Å². The van der Waals surface area contributed by atoms with Gasteiger partial charge in [-0.3, -0.25) is 4.79 Å². The Labute approximate surface area is 264 Å². The zero-order valence-electron chi connectivity index (χ0n) is 27.9. The average molecular weight is 619 g/mol. The van der Waals surface area contributed by atoms with Crippen LogP contribution in [0, 0.1) is 46.3 Å². The van der Waals surface area contributed by atoms with E-state index in [2.05, 4.69) is 47.3 Å². The topological polar surface area (TPSA) is 126 Å². The van der Waals surface area contributed by atoms with Crippen LogP contribution in [-0.2, 0) is 19.0 Å². The Bertz CT molecular complexity index is 1100. The van der Waals surface area contributed by atoms with Gasteiger partial charge >= 0.3 is 5.97 Å². The van der Waals surface area contributed by atoms with Gasteiger partial charge in [0, 0.05) is 6.92 Å². The molecule has 5 rings (SSSR count). The molecule has 4 aliphatic carbocycles. The highest BCUT2D eigenvalue weighted by Crippen LogP contribution is 2.67. The zero-order valence-corrected chi connectivity index (χ0v) is 27.9. The van der Waals surface area contributed by atoms with E-state index in [1.54, 1.807) is 6.92 Å². The summed E-state index contributed by atoms with van der Waals surface area (Å²) in [6, 6.07) is 0. The molecule has 250 valence electrons. The number of allylic oxidation sites excluding steroid dienone is 1. The molecule has 1 heterocycles. The highest BCUT2D eigenvalue weighted by atomic mass is 16.7. The van der Waals surface area contributed by atoms with Crippen LogP contribution in [0.2, 0.25) is 0 Å². The van der Waals surface area contributed by atoms with Crippen molar-refractivity contribution in [1.29, 1.82) is 0 Å². The summed E-state index contributed by atoms with van der Waals surface area (Å²) in [5.41, 5.74) is 2.43. The number of fused-ring (bicyclic) bond motifs is 5. The van der Waals surface area contributed by atoms with Crippen LogP contribution in [0.4, 0.5) is 0 Å². The molecule has 0 radical (unpaired) electrons. The minimum Gasteiger partial charge on any atom is -0.457 e. The first kappa shape index (κ1) is 34.1. The number of carbonyl (C=O) groups is 1. The summed E-state index contributed by atoms with van der Waals surface area (Å²) < 4.78 is 17.3. The van der Waals surface area contributed by atoms with Gasteiger partial charge in [-0.15, -0.1) is 0 Å². The van der Waals surface area contributed by atoms with Crippen molar-refractivity contribution in [3.05, 3.63) is 23.8 Å². The van der Waals surface area contributed by atoms with Gasteiger partial charge in [0.15, 0.2) is 12.4 Å². The third kappa shape index (κ3) is 5.97. The molecule has 1 aliphatic heterocycles. The highest BCUT2D eigenvalue weighted by molar-refractivity contribution is 5.66. The second-order valence-corrected chi connectivity index (χ2v) is 15.9. The second-order valence-electron chi connectivity index (χ2n) is 15.9. The number of aliphatic hydroxyl groups is 4. The van der Waals surface area contributed by atoms with Crippen molar-refractivity contribution in [2.24, 2.45) is 46.3 Å². The van der Waals surface area contributed by atoms with Gasteiger partial charge in [-0.05, 0) is 105 Å². The van der Waals surface area contributed by atoms with Gasteiger partial charge < -0.3 is 34.6 Å². The molecule has 0 bridgehead atoms. The van der Waals surface area contributed by atoms with Crippen molar-refractivity contribution >= 4 is 5.97 Å². The van der Waals surface area contributed by atoms with Gasteiger partial charge in [0.2, 0.25) is 0 Å². The molecule has 0 spiro atoms. The largest absolute Gasteiger partial charge is 0.457 e. The summed E-state index contributed by atoms with van der Waals surface area (Å²) in [5, 5.41) is 44.6. The molecule has 15 atom stereocenters. The lowest BCUT2D eigenvalue weighted by Crippen LogP contribution is -2.59. The Morgan fingerprint density at radius 3 is 2.45 bits per heavy atom. The SMILES string of the molecule is C=C(CCC(C)C1C(O)CC2C3C(O)C=C4CC(OC5OC(C)C(OC(C)=O)C(O)C5O)CCC4(C)C3CCC21C)C(C)C. The van der Waals surface area contributed by atoms with E-state index >= 15 is 0 Å². The van der Waals surface area contributed by atoms with Crippen LogP contribution in [0.1, 0.15) is 99.8 Å². The van der Waals surface area contributed by atoms with Crippen molar-refractivity contribution in [3.8, 4) is 0 Å². The van der Waals surface area contributed by atoms with Gasteiger partial charge in [0.1, 0.15) is 12.2 Å². The maximum atomic E-state index is 11.7. The van der Waals surface area contributed by atoms with Crippen molar-refractivity contribution < 1.29 is 39.4 Å². The van der Waals surface area contributed by atoms with Crippen molar-refractivity contribution in [3.63, 3.8) is 0 Å². The molecule has 0 amide bonds. The van der Waals surface area contributed by atoms with Crippen LogP contribution in [0.25, 0.3) is 0 Å². The summed E-state index contributed by atoms with van der Waals surface area (Å²) in [4.78, 5) is 11.5. The molecule has 3 saturated carbocycles. The second kappa shape index (κ2) is 12.7. The van der Waals surface area contributed by atoms with Crippen LogP contribution >= 0.6 is 0 Å². The maximum Gasteiger partial charge on any atom is 0.303 e. The summed E-state index contributed by atoms with van der Waals surface area (Å²) in [6.07, 6.45) is 2.85. The molecular weight excluding hydrogens is 560 g/mol. The highest BCUT2D eigenvalue weighted by Gasteiger charge is 2.63.